The molecule has 0 heterocycles. The molecule has 0 radical (unpaired) electrons. The predicted octanol–water partition coefficient (Wildman–Crippen LogP) is -0.865. The fraction of sp³-hybridized carbons (Fsp3) is 0.625. The van der Waals surface area contributed by atoms with E-state index in [0.717, 1.165) is 0 Å². The Morgan fingerprint density at radius 1 is 1.12 bits per heavy atom. The number of carbonyl (C=O) groups is 3. The van der Waals surface area contributed by atoms with Gasteiger partial charge in [-0.1, -0.05) is 0 Å². The molecular formula is C8H13NO6S. The zero-order valence-corrected chi connectivity index (χ0v) is 9.18. The third kappa shape index (κ3) is 5.56. The van der Waals surface area contributed by atoms with Gasteiger partial charge in [-0.05, 0) is 0 Å². The summed E-state index contributed by atoms with van der Waals surface area (Å²) in [4.78, 5) is 31.5. The van der Waals surface area contributed by atoms with Gasteiger partial charge in [0.1, 0.15) is 6.04 Å². The second-order valence-electron chi connectivity index (χ2n) is 3.11. The van der Waals surface area contributed by atoms with Crippen molar-refractivity contribution in [2.24, 2.45) is 5.92 Å². The highest BCUT2D eigenvalue weighted by Gasteiger charge is 2.23. The molecule has 0 aromatic rings. The Morgan fingerprint density at radius 2 is 1.69 bits per heavy atom. The number of rotatable bonds is 8. The first-order chi connectivity index (χ1) is 7.38. The number of hydrogen-bond donors (Lipinski definition) is 5. The van der Waals surface area contributed by atoms with Crippen LogP contribution in [0.5, 0.6) is 0 Å². The lowest BCUT2D eigenvalue weighted by molar-refractivity contribution is -0.148. The Hall–Kier alpha value is -1.28. The fourth-order valence-electron chi connectivity index (χ4n) is 0.972. The van der Waals surface area contributed by atoms with E-state index in [0.29, 0.717) is 0 Å². The molecule has 8 heteroatoms. The van der Waals surface area contributed by atoms with Crippen molar-refractivity contribution in [3.8, 4) is 0 Å². The minimum absolute atomic E-state index is 0.00521. The smallest absolute Gasteiger partial charge is 0.321 e. The van der Waals surface area contributed by atoms with E-state index in [4.69, 9.17) is 15.3 Å². The van der Waals surface area contributed by atoms with Crippen molar-refractivity contribution in [1.29, 1.82) is 0 Å². The zero-order chi connectivity index (χ0) is 12.7. The molecule has 0 saturated heterocycles. The van der Waals surface area contributed by atoms with Gasteiger partial charge >= 0.3 is 17.9 Å². The Kier molecular flexibility index (Phi) is 6.50. The van der Waals surface area contributed by atoms with E-state index < -0.39 is 36.3 Å². The monoisotopic (exact) mass is 251 g/mol. The van der Waals surface area contributed by atoms with Crippen LogP contribution >= 0.6 is 12.6 Å². The third-order valence-electron chi connectivity index (χ3n) is 1.86. The topological polar surface area (TPSA) is 124 Å². The van der Waals surface area contributed by atoms with Crippen LogP contribution in [0.3, 0.4) is 0 Å². The highest BCUT2D eigenvalue weighted by atomic mass is 32.1. The van der Waals surface area contributed by atoms with Crippen LogP contribution in [0.1, 0.15) is 6.42 Å². The summed E-state index contributed by atoms with van der Waals surface area (Å²) in [6.07, 6.45) is -0.554. The third-order valence-corrected chi connectivity index (χ3v) is 2.23. The number of nitrogens with one attached hydrogen (secondary N) is 1. The minimum Gasteiger partial charge on any atom is -0.481 e. The first-order valence-corrected chi connectivity index (χ1v) is 5.03. The van der Waals surface area contributed by atoms with Gasteiger partial charge in [0.2, 0.25) is 0 Å². The molecule has 0 fully saturated rings. The van der Waals surface area contributed by atoms with Crippen molar-refractivity contribution in [3.63, 3.8) is 0 Å². The number of carboxylic acids is 3. The van der Waals surface area contributed by atoms with E-state index >= 15 is 0 Å². The van der Waals surface area contributed by atoms with E-state index in [-0.39, 0.29) is 12.3 Å². The van der Waals surface area contributed by atoms with Crippen molar-refractivity contribution in [3.05, 3.63) is 0 Å². The molecule has 1 unspecified atom stereocenters. The molecule has 4 N–H and O–H groups in total. The van der Waals surface area contributed by atoms with Crippen LogP contribution in [0, 0.1) is 5.92 Å². The van der Waals surface area contributed by atoms with E-state index in [1.54, 1.807) is 0 Å². The van der Waals surface area contributed by atoms with Crippen LogP contribution in [-0.4, -0.2) is 51.6 Å². The van der Waals surface area contributed by atoms with Crippen molar-refractivity contribution in [1.82, 2.24) is 5.32 Å². The van der Waals surface area contributed by atoms with Gasteiger partial charge in [-0.25, -0.2) is 0 Å². The molecule has 0 saturated carbocycles. The quantitative estimate of drug-likeness (QED) is 0.355. The van der Waals surface area contributed by atoms with Gasteiger partial charge in [0.05, 0.1) is 12.3 Å². The summed E-state index contributed by atoms with van der Waals surface area (Å²) < 4.78 is 0. The van der Waals surface area contributed by atoms with E-state index in [1.165, 1.54) is 0 Å². The molecule has 7 nitrogen and oxygen atoms in total. The van der Waals surface area contributed by atoms with Crippen molar-refractivity contribution >= 4 is 30.5 Å². The first kappa shape index (κ1) is 14.7. The van der Waals surface area contributed by atoms with E-state index in [9.17, 15) is 14.4 Å². The fourth-order valence-corrected chi connectivity index (χ4v) is 1.26. The molecule has 0 aromatic heterocycles. The molecule has 2 atom stereocenters. The Morgan fingerprint density at radius 3 is 2.00 bits per heavy atom. The van der Waals surface area contributed by atoms with Gasteiger partial charge in [-0.3, -0.25) is 14.4 Å². The first-order valence-electron chi connectivity index (χ1n) is 4.40. The maximum absolute atomic E-state index is 10.6. The van der Waals surface area contributed by atoms with Gasteiger partial charge in [-0.2, -0.15) is 12.6 Å². The summed E-state index contributed by atoms with van der Waals surface area (Å²) >= 11 is 3.77. The molecular weight excluding hydrogens is 238 g/mol. The molecule has 0 aliphatic rings. The number of hydrogen-bond acceptors (Lipinski definition) is 5. The van der Waals surface area contributed by atoms with Gasteiger partial charge in [0.25, 0.3) is 0 Å². The predicted molar refractivity (Wildman–Crippen MR) is 56.7 cm³/mol. The van der Waals surface area contributed by atoms with Crippen LogP contribution < -0.4 is 5.32 Å². The molecule has 0 spiro atoms. The molecule has 16 heavy (non-hydrogen) atoms. The van der Waals surface area contributed by atoms with E-state index in [1.807, 2.05) is 0 Å². The van der Waals surface area contributed by atoms with Gasteiger partial charge in [0.15, 0.2) is 0 Å². The van der Waals surface area contributed by atoms with Crippen molar-refractivity contribution in [2.45, 2.75) is 12.5 Å². The summed E-state index contributed by atoms with van der Waals surface area (Å²) in [5, 5.41) is 28.2. The lowest BCUT2D eigenvalue weighted by Gasteiger charge is -2.15. The highest BCUT2D eigenvalue weighted by molar-refractivity contribution is 7.80. The van der Waals surface area contributed by atoms with Crippen molar-refractivity contribution < 1.29 is 29.7 Å². The van der Waals surface area contributed by atoms with Crippen LogP contribution in [0.25, 0.3) is 0 Å². The second-order valence-corrected chi connectivity index (χ2v) is 3.48. The zero-order valence-electron chi connectivity index (χ0n) is 8.29. The normalized spacial score (nSPS) is 14.1. The number of carboxylic acid groups (broad SMARTS) is 3. The van der Waals surface area contributed by atoms with E-state index in [2.05, 4.69) is 17.9 Å². The highest BCUT2D eigenvalue weighted by Crippen LogP contribution is 2.03. The maximum Gasteiger partial charge on any atom is 0.321 e. The summed E-state index contributed by atoms with van der Waals surface area (Å²) in [6, 6.07) is -0.987. The summed E-state index contributed by atoms with van der Waals surface area (Å²) in [5.41, 5.74) is 0. The molecule has 0 bridgehead atoms. The van der Waals surface area contributed by atoms with Crippen LogP contribution in [0.2, 0.25) is 0 Å². The lowest BCUT2D eigenvalue weighted by atomic mass is 10.1. The minimum atomic E-state index is -1.28. The molecule has 0 amide bonds. The summed E-state index contributed by atoms with van der Waals surface area (Å²) in [5.74, 6) is -4.84. The second kappa shape index (κ2) is 7.07. The lowest BCUT2D eigenvalue weighted by Crippen LogP contribution is -2.42. The van der Waals surface area contributed by atoms with Gasteiger partial charge < -0.3 is 20.6 Å². The molecule has 0 aliphatic carbocycles. The molecule has 0 aromatic carbocycles. The summed E-state index contributed by atoms with van der Waals surface area (Å²) in [6.45, 7) is -0.223. The van der Waals surface area contributed by atoms with Crippen LogP contribution in [0.15, 0.2) is 0 Å². The average Bonchev–Trinajstić information content (AvgIpc) is 2.15. The van der Waals surface area contributed by atoms with Gasteiger partial charge in [-0.15, -0.1) is 0 Å². The molecule has 0 aliphatic heterocycles. The standard InChI is InChI=1S/C8H13NO6S/c10-6(11)1-4(7(12)13)2-9-5(3-16)8(14)15/h4-5,9,16H,1-3H2,(H,10,11)(H,12,13)(H,14,15)/t4?,5-/m0/s1. The largest absolute Gasteiger partial charge is 0.481 e. The van der Waals surface area contributed by atoms with Crippen molar-refractivity contribution in [2.75, 3.05) is 12.3 Å². The Bertz CT molecular complexity index is 282. The number of aliphatic carboxylic acids is 3. The number of thiol groups is 1. The Labute approximate surface area is 96.9 Å². The van der Waals surface area contributed by atoms with Crippen LogP contribution in [0.4, 0.5) is 0 Å². The van der Waals surface area contributed by atoms with Gasteiger partial charge in [0, 0.05) is 12.3 Å². The Balaban J connectivity index is 4.25. The molecule has 0 rings (SSSR count). The average molecular weight is 251 g/mol. The summed E-state index contributed by atoms with van der Waals surface area (Å²) in [7, 11) is 0. The maximum atomic E-state index is 10.6. The molecule has 92 valence electrons. The van der Waals surface area contributed by atoms with Crippen LogP contribution in [-0.2, 0) is 14.4 Å². The SMILES string of the molecule is O=C(O)CC(CN[C@@H](CS)C(=O)O)C(=O)O.